The number of nitrogens with zero attached hydrogens (tertiary/aromatic N) is 3. The van der Waals surface area contributed by atoms with E-state index in [-0.39, 0.29) is 46.9 Å². The van der Waals surface area contributed by atoms with E-state index in [9.17, 15) is 28.5 Å². The Hall–Kier alpha value is -2.82. The quantitative estimate of drug-likeness (QED) is 0.300. The summed E-state index contributed by atoms with van der Waals surface area (Å²) in [6.45, 7) is 3.27. The van der Waals surface area contributed by atoms with Crippen molar-refractivity contribution in [2.75, 3.05) is 7.05 Å². The van der Waals surface area contributed by atoms with Crippen molar-refractivity contribution < 1.29 is 18.5 Å². The number of aryl methyl sites for hydroxylation is 1. The van der Waals surface area contributed by atoms with Crippen LogP contribution >= 0.6 is 11.8 Å². The first kappa shape index (κ1) is 22.5. The maximum atomic E-state index is 12.5. The molecule has 1 atom stereocenters. The molecule has 0 radical (unpaired) electrons. The number of aromatic amines is 1. The van der Waals surface area contributed by atoms with Crippen molar-refractivity contribution in [3.8, 4) is 0 Å². The summed E-state index contributed by atoms with van der Waals surface area (Å²) in [5.41, 5.74) is 0.541. The van der Waals surface area contributed by atoms with Crippen molar-refractivity contribution in [3.05, 3.63) is 61.6 Å². The Morgan fingerprint density at radius 1 is 1.41 bits per heavy atom. The van der Waals surface area contributed by atoms with Crippen LogP contribution in [0.25, 0.3) is 0 Å². The van der Waals surface area contributed by atoms with Gasteiger partial charge in [-0.2, -0.15) is 8.78 Å². The number of halogens is 2. The van der Waals surface area contributed by atoms with Crippen molar-refractivity contribution in [1.29, 1.82) is 0 Å². The SMILES string of the molecule is Cc1nc(SC(F)F)[nH]c(=O)c1CCC(=O)N(C)C(C)c1cccc([N+](=O)[O-])c1. The maximum Gasteiger partial charge on any atom is 0.291 e. The zero-order valence-corrected chi connectivity index (χ0v) is 16.8. The first-order chi connectivity index (χ1) is 13.6. The van der Waals surface area contributed by atoms with E-state index in [1.807, 2.05) is 0 Å². The Bertz CT molecular complexity index is 967. The molecule has 156 valence electrons. The fourth-order valence-corrected chi connectivity index (χ4v) is 3.28. The molecule has 8 nitrogen and oxygen atoms in total. The number of hydrogen-bond donors (Lipinski definition) is 1. The standard InChI is InChI=1S/C18H20F2N4O4S/c1-10-14(16(26)22-18(21-10)29-17(19)20)7-8-15(25)23(3)11(2)12-5-4-6-13(9-12)24(27)28/h4-6,9,11,17H,7-8H2,1-3H3,(H,21,22,26). The number of non-ortho nitro benzene ring substituents is 1. The minimum absolute atomic E-state index is 0.00268. The number of aromatic nitrogens is 2. The zero-order chi connectivity index (χ0) is 21.7. The van der Waals surface area contributed by atoms with Gasteiger partial charge in [0.2, 0.25) is 5.91 Å². The molecular formula is C18H20F2N4O4S. The summed E-state index contributed by atoms with van der Waals surface area (Å²) in [4.78, 5) is 42.8. The summed E-state index contributed by atoms with van der Waals surface area (Å²) in [6, 6.07) is 5.61. The topological polar surface area (TPSA) is 109 Å². The van der Waals surface area contributed by atoms with Crippen molar-refractivity contribution >= 4 is 23.4 Å². The third-order valence-corrected chi connectivity index (χ3v) is 5.12. The molecule has 0 fully saturated rings. The molecule has 11 heteroatoms. The van der Waals surface area contributed by atoms with Crippen LogP contribution in [-0.2, 0) is 11.2 Å². The molecule has 29 heavy (non-hydrogen) atoms. The summed E-state index contributed by atoms with van der Waals surface area (Å²) in [6.07, 6.45) is 0.0985. The lowest BCUT2D eigenvalue weighted by Crippen LogP contribution is -2.30. The third kappa shape index (κ3) is 5.83. The van der Waals surface area contributed by atoms with Crippen LogP contribution in [0.4, 0.5) is 14.5 Å². The number of H-pyrrole nitrogens is 1. The van der Waals surface area contributed by atoms with Gasteiger partial charge in [0.05, 0.1) is 11.0 Å². The van der Waals surface area contributed by atoms with E-state index in [2.05, 4.69) is 9.97 Å². The molecule has 2 aromatic rings. The van der Waals surface area contributed by atoms with Crippen LogP contribution in [0.2, 0.25) is 0 Å². The molecule has 0 aliphatic rings. The molecular weight excluding hydrogens is 406 g/mol. The molecule has 1 aromatic carbocycles. The molecule has 0 aliphatic carbocycles. The minimum Gasteiger partial charge on any atom is -0.339 e. The van der Waals surface area contributed by atoms with Gasteiger partial charge in [-0.05, 0) is 37.6 Å². The summed E-state index contributed by atoms with van der Waals surface area (Å²) in [5, 5.41) is 10.8. The van der Waals surface area contributed by atoms with Crippen molar-refractivity contribution in [1.82, 2.24) is 14.9 Å². The van der Waals surface area contributed by atoms with E-state index < -0.39 is 22.3 Å². The lowest BCUT2D eigenvalue weighted by atomic mass is 10.0. The summed E-state index contributed by atoms with van der Waals surface area (Å²) < 4.78 is 24.9. The fourth-order valence-electron chi connectivity index (χ4n) is 2.77. The molecule has 0 spiro atoms. The van der Waals surface area contributed by atoms with Crippen LogP contribution in [0.15, 0.2) is 34.2 Å². The van der Waals surface area contributed by atoms with Gasteiger partial charge in [-0.3, -0.25) is 19.7 Å². The summed E-state index contributed by atoms with van der Waals surface area (Å²) >= 11 is 0.146. The number of carbonyl (C=O) groups is 1. The third-order valence-electron chi connectivity index (χ3n) is 4.53. The molecule has 1 unspecified atom stereocenters. The molecule has 1 amide bonds. The largest absolute Gasteiger partial charge is 0.339 e. The summed E-state index contributed by atoms with van der Waals surface area (Å²) in [5.74, 6) is -2.97. The second kappa shape index (κ2) is 9.59. The Morgan fingerprint density at radius 2 is 2.10 bits per heavy atom. The number of nitro groups is 1. The maximum absolute atomic E-state index is 12.5. The van der Waals surface area contributed by atoms with Gasteiger partial charge in [-0.15, -0.1) is 0 Å². The van der Waals surface area contributed by atoms with E-state index in [4.69, 9.17) is 0 Å². The number of amides is 1. The molecule has 1 heterocycles. The highest BCUT2D eigenvalue weighted by Gasteiger charge is 2.20. The Morgan fingerprint density at radius 3 is 2.69 bits per heavy atom. The van der Waals surface area contributed by atoms with Gasteiger partial charge in [-0.1, -0.05) is 12.1 Å². The first-order valence-corrected chi connectivity index (χ1v) is 9.52. The molecule has 2 rings (SSSR count). The highest BCUT2D eigenvalue weighted by molar-refractivity contribution is 7.99. The zero-order valence-electron chi connectivity index (χ0n) is 16.0. The van der Waals surface area contributed by atoms with E-state index in [0.29, 0.717) is 11.3 Å². The number of nitrogens with one attached hydrogen (secondary N) is 1. The van der Waals surface area contributed by atoms with Gasteiger partial charge >= 0.3 is 0 Å². The summed E-state index contributed by atoms with van der Waals surface area (Å²) in [7, 11) is 1.57. The van der Waals surface area contributed by atoms with Crippen molar-refractivity contribution in [2.24, 2.45) is 0 Å². The second-order valence-electron chi connectivity index (χ2n) is 6.35. The monoisotopic (exact) mass is 426 g/mol. The lowest BCUT2D eigenvalue weighted by molar-refractivity contribution is -0.384. The predicted molar refractivity (Wildman–Crippen MR) is 104 cm³/mol. The highest BCUT2D eigenvalue weighted by Crippen LogP contribution is 2.24. The van der Waals surface area contributed by atoms with Gasteiger partial charge in [0.1, 0.15) is 0 Å². The number of alkyl halides is 2. The molecule has 0 bridgehead atoms. The highest BCUT2D eigenvalue weighted by atomic mass is 32.2. The Balaban J connectivity index is 2.08. The average Bonchev–Trinajstić information content (AvgIpc) is 2.65. The smallest absolute Gasteiger partial charge is 0.291 e. The number of hydrogen-bond acceptors (Lipinski definition) is 6. The van der Waals surface area contributed by atoms with E-state index in [1.54, 1.807) is 26.1 Å². The minimum atomic E-state index is -2.70. The normalized spacial score (nSPS) is 12.1. The van der Waals surface area contributed by atoms with Crippen LogP contribution in [-0.4, -0.2) is 38.5 Å². The van der Waals surface area contributed by atoms with Gasteiger partial charge in [0, 0.05) is 36.9 Å². The lowest BCUT2D eigenvalue weighted by Gasteiger charge is -2.25. The van der Waals surface area contributed by atoms with Crippen LogP contribution in [0.5, 0.6) is 0 Å². The van der Waals surface area contributed by atoms with Gasteiger partial charge in [0.25, 0.3) is 17.0 Å². The number of carbonyl (C=O) groups excluding carboxylic acids is 1. The molecule has 0 saturated carbocycles. The Kier molecular flexibility index (Phi) is 7.43. The number of thioether (sulfide) groups is 1. The predicted octanol–water partition coefficient (Wildman–Crippen LogP) is 3.45. The van der Waals surface area contributed by atoms with Gasteiger partial charge in [-0.25, -0.2) is 4.98 Å². The molecule has 0 saturated heterocycles. The Labute approximate surface area is 169 Å². The van der Waals surface area contributed by atoms with Gasteiger partial charge < -0.3 is 9.88 Å². The first-order valence-electron chi connectivity index (χ1n) is 8.64. The fraction of sp³-hybridized carbons (Fsp3) is 0.389. The average molecular weight is 426 g/mol. The molecule has 1 N–H and O–H groups in total. The number of nitro benzene ring substituents is 1. The number of benzene rings is 1. The van der Waals surface area contributed by atoms with Crippen molar-refractivity contribution in [3.63, 3.8) is 0 Å². The molecule has 0 aliphatic heterocycles. The number of rotatable bonds is 8. The van der Waals surface area contributed by atoms with Crippen LogP contribution in [0.3, 0.4) is 0 Å². The second-order valence-corrected chi connectivity index (χ2v) is 7.33. The van der Waals surface area contributed by atoms with Crippen LogP contribution < -0.4 is 5.56 Å². The van der Waals surface area contributed by atoms with Crippen LogP contribution in [0.1, 0.15) is 36.2 Å². The van der Waals surface area contributed by atoms with E-state index in [1.165, 1.54) is 24.0 Å². The van der Waals surface area contributed by atoms with Gasteiger partial charge in [0.15, 0.2) is 5.16 Å². The van der Waals surface area contributed by atoms with E-state index in [0.717, 1.165) is 0 Å². The van der Waals surface area contributed by atoms with E-state index >= 15 is 0 Å². The van der Waals surface area contributed by atoms with Crippen LogP contribution in [0, 0.1) is 17.0 Å². The van der Waals surface area contributed by atoms with Crippen molar-refractivity contribution in [2.45, 2.75) is 43.6 Å². The molecule has 1 aromatic heterocycles.